The summed E-state index contributed by atoms with van der Waals surface area (Å²) >= 11 is 0. The molecule has 0 fully saturated rings. The molecule has 0 unspecified atom stereocenters. The lowest BCUT2D eigenvalue weighted by Crippen LogP contribution is -2.07. The van der Waals surface area contributed by atoms with Gasteiger partial charge in [0.2, 0.25) is 0 Å². The van der Waals surface area contributed by atoms with E-state index >= 15 is 0 Å². The molecule has 1 heterocycles. The van der Waals surface area contributed by atoms with Gasteiger partial charge in [-0.25, -0.2) is 0 Å². The zero-order valence-electron chi connectivity index (χ0n) is 8.06. The molecular formula is C10H9F3NO-. The Bertz CT molecular complexity index is 360. The molecular weight excluding hydrogens is 207 g/mol. The van der Waals surface area contributed by atoms with E-state index in [1.807, 2.05) is 0 Å². The van der Waals surface area contributed by atoms with Crippen molar-refractivity contribution in [1.82, 2.24) is 4.98 Å². The smallest absolute Gasteiger partial charge is 0.417 e. The first kappa shape index (κ1) is 11.6. The number of hydrogen-bond acceptors (Lipinski definition) is 2. The fourth-order valence-electron chi connectivity index (χ4n) is 1.07. The molecule has 0 aliphatic rings. The molecule has 0 saturated carbocycles. The average Bonchev–Trinajstić information content (AvgIpc) is 2.17. The highest BCUT2D eigenvalue weighted by molar-refractivity contribution is 5.31. The van der Waals surface area contributed by atoms with Gasteiger partial charge in [-0.15, -0.1) is 0 Å². The Balaban J connectivity index is 3.13. The summed E-state index contributed by atoms with van der Waals surface area (Å²) in [5.74, 6) is 0.112. The molecule has 0 spiro atoms. The fourth-order valence-corrected chi connectivity index (χ4v) is 1.07. The van der Waals surface area contributed by atoms with Gasteiger partial charge in [-0.3, -0.25) is 0 Å². The van der Waals surface area contributed by atoms with E-state index in [2.05, 4.69) is 17.8 Å². The van der Waals surface area contributed by atoms with Crippen molar-refractivity contribution < 1.29 is 17.9 Å². The number of nitrogens with zero attached hydrogens (tertiary/aromatic N) is 1. The van der Waals surface area contributed by atoms with E-state index in [0.29, 0.717) is 12.0 Å². The number of alkyl halides is 3. The van der Waals surface area contributed by atoms with Crippen molar-refractivity contribution in [3.63, 3.8) is 0 Å². The third-order valence-electron chi connectivity index (χ3n) is 1.80. The Morgan fingerprint density at radius 1 is 1.53 bits per heavy atom. The van der Waals surface area contributed by atoms with E-state index in [-0.39, 0.29) is 5.88 Å². The summed E-state index contributed by atoms with van der Waals surface area (Å²) < 4.78 is 41.7. The molecule has 0 aliphatic carbocycles. The maximum Gasteiger partial charge on any atom is 0.417 e. The lowest BCUT2D eigenvalue weighted by Gasteiger charge is -2.17. The highest BCUT2D eigenvalue weighted by Gasteiger charge is 2.30. The van der Waals surface area contributed by atoms with Crippen molar-refractivity contribution in [3.8, 4) is 5.88 Å². The van der Waals surface area contributed by atoms with Crippen molar-refractivity contribution >= 4 is 0 Å². The molecule has 0 N–H and O–H groups in total. The maximum absolute atomic E-state index is 12.3. The normalized spacial score (nSPS) is 11.2. The van der Waals surface area contributed by atoms with Crippen LogP contribution in [0.4, 0.5) is 13.2 Å². The van der Waals surface area contributed by atoms with Gasteiger partial charge in [-0.05, 0) is 6.42 Å². The van der Waals surface area contributed by atoms with E-state index in [0.717, 1.165) is 12.3 Å². The summed E-state index contributed by atoms with van der Waals surface area (Å²) in [5.41, 5.74) is -0.406. The molecule has 0 bridgehead atoms. The molecule has 1 rings (SSSR count). The molecule has 1 aromatic heterocycles. The second kappa shape index (κ2) is 4.33. The number of aromatic nitrogens is 1. The quantitative estimate of drug-likeness (QED) is 0.572. The second-order valence-corrected chi connectivity index (χ2v) is 2.79. The molecule has 82 valence electrons. The standard InChI is InChI=1S/C10H9F3NO/c1-3-7-5-8(10(11,12)13)6-14-9(7)15-4-2/h5-6H,2-3H2,1H3/q-1. The predicted molar refractivity (Wildman–Crippen MR) is 48.1 cm³/mol. The van der Waals surface area contributed by atoms with Crippen LogP contribution in [0.2, 0.25) is 0 Å². The Morgan fingerprint density at radius 2 is 2.20 bits per heavy atom. The van der Waals surface area contributed by atoms with Crippen molar-refractivity contribution in [2.24, 2.45) is 0 Å². The molecule has 0 saturated heterocycles. The first-order valence-corrected chi connectivity index (χ1v) is 4.24. The minimum absolute atomic E-state index is 0.112. The third kappa shape index (κ3) is 2.71. The SMILES string of the molecule is C=[C-]Oc1ncc(C(F)(F)F)cc1CC. The number of ether oxygens (including phenoxy) is 1. The molecule has 0 aromatic carbocycles. The van der Waals surface area contributed by atoms with Crippen LogP contribution in [0.25, 0.3) is 0 Å². The Kier molecular flexibility index (Phi) is 3.34. The Morgan fingerprint density at radius 3 is 2.67 bits per heavy atom. The van der Waals surface area contributed by atoms with Gasteiger partial charge in [-0.2, -0.15) is 19.8 Å². The van der Waals surface area contributed by atoms with Crippen LogP contribution < -0.4 is 4.74 Å². The van der Waals surface area contributed by atoms with Crippen molar-refractivity contribution in [3.05, 3.63) is 36.2 Å². The minimum atomic E-state index is -4.38. The lowest BCUT2D eigenvalue weighted by atomic mass is 10.1. The van der Waals surface area contributed by atoms with Crippen LogP contribution in [0.1, 0.15) is 18.1 Å². The van der Waals surface area contributed by atoms with Crippen molar-refractivity contribution in [1.29, 1.82) is 0 Å². The summed E-state index contributed by atoms with van der Waals surface area (Å²) in [6, 6.07) is 1.01. The predicted octanol–water partition coefficient (Wildman–Crippen LogP) is 2.99. The van der Waals surface area contributed by atoms with Gasteiger partial charge >= 0.3 is 6.18 Å². The van der Waals surface area contributed by atoms with Gasteiger partial charge in [0.15, 0.2) is 0 Å². The van der Waals surface area contributed by atoms with Crippen LogP contribution in [-0.4, -0.2) is 4.98 Å². The van der Waals surface area contributed by atoms with Crippen molar-refractivity contribution in [2.75, 3.05) is 0 Å². The van der Waals surface area contributed by atoms with Crippen LogP contribution in [0.3, 0.4) is 0 Å². The third-order valence-corrected chi connectivity index (χ3v) is 1.80. The van der Waals surface area contributed by atoms with Gasteiger partial charge < -0.3 is 9.72 Å². The number of pyridine rings is 1. The molecule has 15 heavy (non-hydrogen) atoms. The highest BCUT2D eigenvalue weighted by atomic mass is 19.4. The van der Waals surface area contributed by atoms with Crippen LogP contribution >= 0.6 is 0 Å². The molecule has 0 amide bonds. The van der Waals surface area contributed by atoms with E-state index in [4.69, 9.17) is 4.74 Å². The second-order valence-electron chi connectivity index (χ2n) is 2.79. The van der Waals surface area contributed by atoms with E-state index in [1.54, 1.807) is 6.92 Å². The molecule has 0 atom stereocenters. The van der Waals surface area contributed by atoms with Crippen LogP contribution in [0.5, 0.6) is 5.88 Å². The van der Waals surface area contributed by atoms with Gasteiger partial charge in [0, 0.05) is 6.20 Å². The first-order valence-electron chi connectivity index (χ1n) is 4.24. The largest absolute Gasteiger partial charge is 0.629 e. The highest BCUT2D eigenvalue weighted by Crippen LogP contribution is 2.31. The Labute approximate surface area is 85.4 Å². The minimum Gasteiger partial charge on any atom is -0.629 e. The average molecular weight is 216 g/mol. The van der Waals surface area contributed by atoms with Crippen LogP contribution in [0, 0.1) is 6.26 Å². The first-order chi connectivity index (χ1) is 6.99. The molecule has 0 radical (unpaired) electrons. The summed E-state index contributed by atoms with van der Waals surface area (Å²) in [6.45, 7) is 4.91. The molecule has 1 aromatic rings. The molecule has 5 heteroatoms. The van der Waals surface area contributed by atoms with Crippen LogP contribution in [-0.2, 0) is 12.6 Å². The topological polar surface area (TPSA) is 22.1 Å². The number of aryl methyl sites for hydroxylation is 1. The molecule has 0 aliphatic heterocycles. The summed E-state index contributed by atoms with van der Waals surface area (Å²) in [5, 5.41) is 0. The van der Waals surface area contributed by atoms with Gasteiger partial charge in [-0.1, -0.05) is 24.8 Å². The van der Waals surface area contributed by atoms with E-state index in [1.165, 1.54) is 0 Å². The lowest BCUT2D eigenvalue weighted by molar-refractivity contribution is -0.137. The summed E-state index contributed by atoms with van der Waals surface area (Å²) in [4.78, 5) is 3.56. The zero-order chi connectivity index (χ0) is 11.5. The van der Waals surface area contributed by atoms with E-state index < -0.39 is 11.7 Å². The fraction of sp³-hybridized carbons (Fsp3) is 0.300. The molecule has 2 nitrogen and oxygen atoms in total. The van der Waals surface area contributed by atoms with Crippen molar-refractivity contribution in [2.45, 2.75) is 19.5 Å². The van der Waals surface area contributed by atoms with Crippen LogP contribution in [0.15, 0.2) is 18.8 Å². The Hall–Kier alpha value is -1.52. The van der Waals surface area contributed by atoms with Gasteiger partial charge in [0.1, 0.15) is 0 Å². The number of rotatable bonds is 3. The number of hydrogen-bond donors (Lipinski definition) is 0. The zero-order valence-corrected chi connectivity index (χ0v) is 8.06. The summed E-state index contributed by atoms with van der Waals surface area (Å²) in [6.07, 6.45) is -1.13. The van der Waals surface area contributed by atoms with Gasteiger partial charge in [0.25, 0.3) is 0 Å². The monoisotopic (exact) mass is 216 g/mol. The summed E-state index contributed by atoms with van der Waals surface area (Å²) in [7, 11) is 0. The number of halogens is 3. The van der Waals surface area contributed by atoms with E-state index in [9.17, 15) is 13.2 Å². The van der Waals surface area contributed by atoms with Gasteiger partial charge in [0.05, 0.1) is 11.4 Å². The maximum atomic E-state index is 12.3.